The van der Waals surface area contributed by atoms with Gasteiger partial charge in [-0.3, -0.25) is 9.36 Å². The summed E-state index contributed by atoms with van der Waals surface area (Å²) in [5, 5.41) is 15.5. The molecule has 9 nitrogen and oxygen atoms in total. The van der Waals surface area contributed by atoms with Gasteiger partial charge in [-0.05, 0) is 37.2 Å². The fourth-order valence-electron chi connectivity index (χ4n) is 3.89. The van der Waals surface area contributed by atoms with Crippen molar-refractivity contribution < 1.29 is 18.4 Å². The van der Waals surface area contributed by atoms with Gasteiger partial charge in [0.15, 0.2) is 5.58 Å². The number of furan rings is 1. The van der Waals surface area contributed by atoms with E-state index in [4.69, 9.17) is 13.6 Å². The molecule has 0 saturated carbocycles. The molecule has 0 spiro atoms. The summed E-state index contributed by atoms with van der Waals surface area (Å²) in [5.41, 5.74) is 2.77. The molecule has 1 aliphatic heterocycles. The number of nitriles is 1. The second-order valence-electron chi connectivity index (χ2n) is 7.97. The number of nitrogens with zero attached hydrogens (tertiary/aromatic N) is 2. The molecule has 4 aromatic rings. The number of carbonyl (C=O) groups excluding carboxylic acids is 1. The van der Waals surface area contributed by atoms with E-state index in [0.717, 1.165) is 28.1 Å². The monoisotopic (exact) mass is 466 g/mol. The summed E-state index contributed by atoms with van der Waals surface area (Å²) >= 11 is 1.52. The molecule has 2 N–H and O–H groups in total. The lowest BCUT2D eigenvalue weighted by atomic mass is 10.1. The van der Waals surface area contributed by atoms with Crippen molar-refractivity contribution in [1.29, 1.82) is 5.26 Å². The molecular formula is C23H22N4O5S. The van der Waals surface area contributed by atoms with Gasteiger partial charge < -0.3 is 24.2 Å². The van der Waals surface area contributed by atoms with E-state index in [2.05, 4.69) is 16.7 Å². The highest BCUT2D eigenvalue weighted by Crippen LogP contribution is 2.35. The number of hydrogen-bond acceptors (Lipinski definition) is 8. The van der Waals surface area contributed by atoms with E-state index < -0.39 is 17.9 Å². The van der Waals surface area contributed by atoms with Gasteiger partial charge in [0, 0.05) is 43.1 Å². The number of benzene rings is 1. The molecule has 170 valence electrons. The van der Waals surface area contributed by atoms with Gasteiger partial charge in [-0.1, -0.05) is 0 Å². The van der Waals surface area contributed by atoms with E-state index in [1.807, 2.05) is 24.3 Å². The zero-order valence-corrected chi connectivity index (χ0v) is 18.7. The molecule has 1 aromatic carbocycles. The molecule has 5 rings (SSSR count). The first-order valence-electron chi connectivity index (χ1n) is 10.7. The fourth-order valence-corrected chi connectivity index (χ4v) is 4.95. The molecule has 1 fully saturated rings. The van der Waals surface area contributed by atoms with Crippen LogP contribution in [0, 0.1) is 11.3 Å². The van der Waals surface area contributed by atoms with Crippen molar-refractivity contribution in [3.05, 3.63) is 45.8 Å². The molecule has 0 radical (unpaired) electrons. The minimum absolute atomic E-state index is 0.275. The van der Waals surface area contributed by atoms with E-state index in [1.165, 1.54) is 15.9 Å². The van der Waals surface area contributed by atoms with E-state index in [1.54, 1.807) is 13.1 Å². The molecule has 4 heterocycles. The molecule has 3 aromatic heterocycles. The van der Waals surface area contributed by atoms with E-state index in [9.17, 15) is 14.9 Å². The van der Waals surface area contributed by atoms with E-state index >= 15 is 0 Å². The molecule has 33 heavy (non-hydrogen) atoms. The summed E-state index contributed by atoms with van der Waals surface area (Å²) in [6.07, 6.45) is 0.656. The van der Waals surface area contributed by atoms with E-state index in [0.29, 0.717) is 42.0 Å². The molecule has 1 aliphatic rings. The number of aryl methyl sites for hydroxylation is 1. The number of carbonyl (C=O) groups is 1. The van der Waals surface area contributed by atoms with Crippen LogP contribution >= 0.6 is 11.3 Å². The Bertz CT molecular complexity index is 1380. The Kier molecular flexibility index (Phi) is 5.76. The van der Waals surface area contributed by atoms with Crippen LogP contribution in [0.4, 0.5) is 0 Å². The quantitative estimate of drug-likeness (QED) is 0.463. The normalized spacial score (nSPS) is 17.6. The van der Waals surface area contributed by atoms with Crippen molar-refractivity contribution in [1.82, 2.24) is 15.2 Å². The average molecular weight is 467 g/mol. The van der Waals surface area contributed by atoms with Gasteiger partial charge in [0.05, 0.1) is 16.3 Å². The molecule has 0 unspecified atom stereocenters. The largest absolute Gasteiger partial charge is 0.455 e. The third kappa shape index (κ3) is 4.30. The predicted octanol–water partition coefficient (Wildman–Crippen LogP) is 2.54. The third-order valence-electron chi connectivity index (χ3n) is 5.65. The fraction of sp³-hybridized carbons (Fsp3) is 0.348. The van der Waals surface area contributed by atoms with Crippen molar-refractivity contribution in [3.8, 4) is 17.4 Å². The van der Waals surface area contributed by atoms with Crippen molar-refractivity contribution in [2.75, 3.05) is 19.7 Å². The van der Waals surface area contributed by atoms with Gasteiger partial charge in [-0.25, -0.2) is 4.79 Å². The molecular weight excluding hydrogens is 444 g/mol. The SMILES string of the molecule is Cn1c(=O)oc2ccc(-c3cc4sc(C[C@@H](C#N)NC(=O)[C@@H]5CNCCCO5)cc4o3)cc21. The number of aromatic nitrogens is 1. The Morgan fingerprint density at radius 3 is 3.03 bits per heavy atom. The number of ether oxygens (including phenoxy) is 1. The standard InChI is InChI=1S/C23H22N4O5S/c1-27-16-7-13(3-4-17(16)32-23(27)29)18-10-21-19(31-18)9-15(33-21)8-14(11-24)26-22(28)20-12-25-5-2-6-30-20/h3-4,7,9-10,14,20,25H,2,5-6,8,12H2,1H3,(H,26,28)/t14-,20-/m0/s1. The van der Waals surface area contributed by atoms with Crippen molar-refractivity contribution in [2.45, 2.75) is 25.0 Å². The number of hydrogen-bond donors (Lipinski definition) is 2. The van der Waals surface area contributed by atoms with Crippen LogP contribution in [0.25, 0.3) is 32.7 Å². The number of oxazole rings is 1. The van der Waals surface area contributed by atoms with Crippen LogP contribution < -0.4 is 16.4 Å². The van der Waals surface area contributed by atoms with Crippen LogP contribution in [-0.4, -0.2) is 42.3 Å². The summed E-state index contributed by atoms with van der Waals surface area (Å²) in [7, 11) is 1.66. The minimum atomic E-state index is -0.656. The first-order chi connectivity index (χ1) is 16.0. The van der Waals surface area contributed by atoms with Gasteiger partial charge in [0.2, 0.25) is 0 Å². The Balaban J connectivity index is 1.30. The molecule has 0 bridgehead atoms. The molecule has 1 saturated heterocycles. The predicted molar refractivity (Wildman–Crippen MR) is 123 cm³/mol. The Morgan fingerprint density at radius 1 is 1.33 bits per heavy atom. The first kappa shape index (κ1) is 21.5. The highest BCUT2D eigenvalue weighted by atomic mass is 32.1. The van der Waals surface area contributed by atoms with Crippen LogP contribution in [-0.2, 0) is 23.0 Å². The van der Waals surface area contributed by atoms with Crippen LogP contribution in [0.1, 0.15) is 11.3 Å². The molecule has 10 heteroatoms. The van der Waals surface area contributed by atoms with Crippen molar-refractivity contribution >= 4 is 38.6 Å². The maximum absolute atomic E-state index is 12.5. The topological polar surface area (TPSA) is 122 Å². The van der Waals surface area contributed by atoms with Crippen LogP contribution in [0.5, 0.6) is 0 Å². The highest BCUT2D eigenvalue weighted by molar-refractivity contribution is 7.19. The van der Waals surface area contributed by atoms with Gasteiger partial charge >= 0.3 is 5.76 Å². The van der Waals surface area contributed by atoms with Gasteiger partial charge in [-0.2, -0.15) is 5.26 Å². The molecule has 0 aliphatic carbocycles. The van der Waals surface area contributed by atoms with Gasteiger partial charge in [-0.15, -0.1) is 11.3 Å². The van der Waals surface area contributed by atoms with Crippen LogP contribution in [0.15, 0.2) is 44.0 Å². The summed E-state index contributed by atoms with van der Waals surface area (Å²) in [4.78, 5) is 25.1. The highest BCUT2D eigenvalue weighted by Gasteiger charge is 2.24. The Hall–Kier alpha value is -3.39. The van der Waals surface area contributed by atoms with Crippen LogP contribution in [0.3, 0.4) is 0 Å². The second kappa shape index (κ2) is 8.86. The number of rotatable bonds is 5. The lowest BCUT2D eigenvalue weighted by Gasteiger charge is -2.17. The number of fused-ring (bicyclic) bond motifs is 2. The first-order valence-corrected chi connectivity index (χ1v) is 11.5. The summed E-state index contributed by atoms with van der Waals surface area (Å²) in [6.45, 7) is 1.78. The third-order valence-corrected chi connectivity index (χ3v) is 6.74. The zero-order valence-electron chi connectivity index (χ0n) is 17.9. The number of nitrogens with one attached hydrogen (secondary N) is 2. The smallest absolute Gasteiger partial charge is 0.419 e. The van der Waals surface area contributed by atoms with Crippen molar-refractivity contribution in [3.63, 3.8) is 0 Å². The average Bonchev–Trinajstić information content (AvgIpc) is 3.35. The second-order valence-corrected chi connectivity index (χ2v) is 9.14. The summed E-state index contributed by atoms with van der Waals surface area (Å²) < 4.78 is 19.2. The summed E-state index contributed by atoms with van der Waals surface area (Å²) in [6, 6.07) is 10.8. The van der Waals surface area contributed by atoms with E-state index in [-0.39, 0.29) is 5.91 Å². The lowest BCUT2D eigenvalue weighted by molar-refractivity contribution is -0.132. The summed E-state index contributed by atoms with van der Waals surface area (Å²) in [5.74, 6) is -0.00255. The lowest BCUT2D eigenvalue weighted by Crippen LogP contribution is -2.46. The number of amides is 1. The zero-order chi connectivity index (χ0) is 22.9. The maximum atomic E-state index is 12.5. The minimum Gasteiger partial charge on any atom is -0.455 e. The molecule has 2 atom stereocenters. The van der Waals surface area contributed by atoms with Crippen LogP contribution in [0.2, 0.25) is 0 Å². The maximum Gasteiger partial charge on any atom is 0.419 e. The Labute approximate surface area is 192 Å². The number of thiophene rings is 1. The molecule has 1 amide bonds. The van der Waals surface area contributed by atoms with Gasteiger partial charge in [0.25, 0.3) is 5.91 Å². The van der Waals surface area contributed by atoms with Gasteiger partial charge in [0.1, 0.15) is 23.5 Å². The van der Waals surface area contributed by atoms with Crippen molar-refractivity contribution in [2.24, 2.45) is 7.05 Å². The Morgan fingerprint density at radius 2 is 2.21 bits per heavy atom.